The lowest BCUT2D eigenvalue weighted by molar-refractivity contribution is 0.0838. The van der Waals surface area contributed by atoms with Crippen LogP contribution in [0.25, 0.3) is 11.0 Å². The molecule has 39 heavy (non-hydrogen) atoms. The minimum Gasteiger partial charge on any atom is -0.493 e. The van der Waals surface area contributed by atoms with Crippen molar-refractivity contribution in [2.24, 2.45) is 0 Å². The average molecular weight is 534 g/mol. The molecule has 1 heterocycles. The number of methoxy groups -OCH3 is 2. The lowest BCUT2D eigenvalue weighted by Crippen LogP contribution is -2.27. The monoisotopic (exact) mass is 533 g/mol. The lowest BCUT2D eigenvalue weighted by Gasteiger charge is -2.17. The van der Waals surface area contributed by atoms with Gasteiger partial charge in [0, 0.05) is 18.7 Å². The first-order chi connectivity index (χ1) is 19.0. The van der Waals surface area contributed by atoms with Gasteiger partial charge in [0.15, 0.2) is 23.4 Å². The number of para-hydroxylation sites is 1. The maximum absolute atomic E-state index is 12.7. The fourth-order valence-corrected chi connectivity index (χ4v) is 4.37. The minimum atomic E-state index is -0.328. The smallest absolute Gasteiger partial charge is 0.251 e. The Balaban J connectivity index is 1.60. The van der Waals surface area contributed by atoms with Crippen molar-refractivity contribution < 1.29 is 28.8 Å². The summed E-state index contributed by atoms with van der Waals surface area (Å²) in [5.41, 5.74) is 3.23. The van der Waals surface area contributed by atoms with Crippen molar-refractivity contribution in [3.63, 3.8) is 0 Å². The van der Waals surface area contributed by atoms with Crippen LogP contribution in [0, 0.1) is 0 Å². The number of aliphatic hydroxyl groups excluding tert-OH is 1. The van der Waals surface area contributed by atoms with Crippen LogP contribution in [0.5, 0.6) is 17.2 Å². The van der Waals surface area contributed by atoms with Crippen LogP contribution in [0.4, 0.5) is 0 Å². The minimum absolute atomic E-state index is 0.0476. The zero-order valence-corrected chi connectivity index (χ0v) is 22.6. The van der Waals surface area contributed by atoms with Crippen molar-refractivity contribution in [2.75, 3.05) is 40.6 Å². The lowest BCUT2D eigenvalue weighted by atomic mass is 10.1. The van der Waals surface area contributed by atoms with Crippen LogP contribution in [0.3, 0.4) is 0 Å². The number of nitrogens with zero attached hydrogens (tertiary/aromatic N) is 2. The molecule has 0 bridgehead atoms. The normalized spacial score (nSPS) is 11.8. The number of rotatable bonds is 14. The molecule has 206 valence electrons. The Morgan fingerprint density at radius 1 is 1.00 bits per heavy atom. The highest BCUT2D eigenvalue weighted by Gasteiger charge is 2.20. The number of hydrogen-bond acceptors (Lipinski definition) is 7. The predicted octanol–water partition coefficient (Wildman–Crippen LogP) is 4.17. The zero-order valence-electron chi connectivity index (χ0n) is 22.6. The van der Waals surface area contributed by atoms with Crippen molar-refractivity contribution in [1.29, 1.82) is 0 Å². The zero-order chi connectivity index (χ0) is 27.6. The van der Waals surface area contributed by atoms with Gasteiger partial charge in [-0.15, -0.1) is 0 Å². The van der Waals surface area contributed by atoms with Gasteiger partial charge < -0.3 is 33.9 Å². The van der Waals surface area contributed by atoms with E-state index in [1.807, 2.05) is 61.5 Å². The largest absolute Gasteiger partial charge is 0.493 e. The number of hydrogen-bond donors (Lipinski definition) is 2. The van der Waals surface area contributed by atoms with E-state index in [0.717, 1.165) is 29.1 Å². The molecule has 0 aliphatic rings. The van der Waals surface area contributed by atoms with E-state index < -0.39 is 0 Å². The summed E-state index contributed by atoms with van der Waals surface area (Å²) in [5.74, 6) is 2.69. The van der Waals surface area contributed by atoms with E-state index in [9.17, 15) is 4.79 Å². The number of fused-ring (bicyclic) bond motifs is 1. The second-order valence-corrected chi connectivity index (χ2v) is 8.93. The molecule has 9 heteroatoms. The molecule has 9 nitrogen and oxygen atoms in total. The first-order valence-electron chi connectivity index (χ1n) is 12.9. The number of amides is 1. The van der Waals surface area contributed by atoms with Gasteiger partial charge >= 0.3 is 0 Å². The van der Waals surface area contributed by atoms with E-state index >= 15 is 0 Å². The summed E-state index contributed by atoms with van der Waals surface area (Å²) in [6.07, 6.45) is 0.401. The van der Waals surface area contributed by atoms with Gasteiger partial charge in [-0.25, -0.2) is 4.98 Å². The number of carbonyl (C=O) groups is 1. The van der Waals surface area contributed by atoms with Crippen molar-refractivity contribution in [3.05, 3.63) is 83.7 Å². The highest BCUT2D eigenvalue weighted by Crippen LogP contribution is 2.29. The van der Waals surface area contributed by atoms with Crippen LogP contribution in [0.2, 0.25) is 0 Å². The van der Waals surface area contributed by atoms with Crippen molar-refractivity contribution >= 4 is 16.9 Å². The van der Waals surface area contributed by atoms with Crippen molar-refractivity contribution in [1.82, 2.24) is 14.9 Å². The average Bonchev–Trinajstić information content (AvgIpc) is 3.34. The van der Waals surface area contributed by atoms with E-state index in [1.165, 1.54) is 0 Å². The van der Waals surface area contributed by atoms with E-state index in [-0.39, 0.29) is 25.2 Å². The molecule has 0 aliphatic carbocycles. The summed E-state index contributed by atoms with van der Waals surface area (Å²) >= 11 is 0. The molecule has 1 unspecified atom stereocenters. The number of aryl methyl sites for hydroxylation is 2. The number of aromatic nitrogens is 2. The summed E-state index contributed by atoms with van der Waals surface area (Å²) in [7, 11) is 3.25. The third-order valence-corrected chi connectivity index (χ3v) is 6.30. The topological polar surface area (TPSA) is 104 Å². The number of benzene rings is 3. The van der Waals surface area contributed by atoms with Gasteiger partial charge in [0.2, 0.25) is 0 Å². The Kier molecular flexibility index (Phi) is 9.77. The molecule has 0 fully saturated rings. The van der Waals surface area contributed by atoms with Gasteiger partial charge in [-0.3, -0.25) is 4.79 Å². The number of carbonyl (C=O) groups excluding carboxylic acids is 1. The summed E-state index contributed by atoms with van der Waals surface area (Å²) in [6.45, 7) is 3.50. The molecule has 1 amide bonds. The molecular weight excluding hydrogens is 498 g/mol. The summed E-state index contributed by atoms with van der Waals surface area (Å²) in [5, 5.41) is 11.6. The molecule has 0 saturated heterocycles. The molecule has 4 aromatic rings. The van der Waals surface area contributed by atoms with E-state index in [4.69, 9.17) is 29.0 Å². The van der Waals surface area contributed by atoms with Gasteiger partial charge in [-0.1, -0.05) is 24.3 Å². The summed E-state index contributed by atoms with van der Waals surface area (Å²) < 4.78 is 24.4. The molecule has 0 saturated carbocycles. The van der Waals surface area contributed by atoms with Crippen LogP contribution >= 0.6 is 0 Å². The standard InChI is InChI=1S/C30H35N3O6/c1-21(39-24-7-5-4-6-8-24)29-32-25-20-23(30(35)31-14-17-38-18-16-34)10-11-26(25)33(29)15-13-22-9-12-27(36-2)28(19-22)37-3/h4-12,19-21,34H,13-18H2,1-3H3,(H,31,35). The van der Waals surface area contributed by atoms with Gasteiger partial charge in [0.1, 0.15) is 5.75 Å². The number of aliphatic hydroxyl groups is 1. The quantitative estimate of drug-likeness (QED) is 0.235. The van der Waals surface area contributed by atoms with Crippen LogP contribution in [0.1, 0.15) is 34.8 Å². The van der Waals surface area contributed by atoms with Crippen LogP contribution < -0.4 is 19.5 Å². The molecule has 4 rings (SSSR count). The van der Waals surface area contributed by atoms with Crippen molar-refractivity contribution in [3.8, 4) is 17.2 Å². The third-order valence-electron chi connectivity index (χ3n) is 6.30. The maximum atomic E-state index is 12.7. The van der Waals surface area contributed by atoms with Gasteiger partial charge in [0.05, 0.1) is 45.1 Å². The Morgan fingerprint density at radius 2 is 1.79 bits per heavy atom. The van der Waals surface area contributed by atoms with Crippen LogP contribution in [-0.2, 0) is 17.7 Å². The van der Waals surface area contributed by atoms with Crippen molar-refractivity contribution in [2.45, 2.75) is 26.0 Å². The molecule has 3 aromatic carbocycles. The highest BCUT2D eigenvalue weighted by atomic mass is 16.5. The Labute approximate surface area is 228 Å². The second kappa shape index (κ2) is 13.6. The molecule has 0 radical (unpaired) electrons. The predicted molar refractivity (Wildman–Crippen MR) is 149 cm³/mol. The number of nitrogens with one attached hydrogen (secondary N) is 1. The van der Waals surface area contributed by atoms with Crippen LogP contribution in [-0.4, -0.2) is 61.1 Å². The van der Waals surface area contributed by atoms with E-state index in [1.54, 1.807) is 26.4 Å². The maximum Gasteiger partial charge on any atom is 0.251 e. The summed E-state index contributed by atoms with van der Waals surface area (Å²) in [6, 6.07) is 21.1. The Morgan fingerprint density at radius 3 is 2.54 bits per heavy atom. The van der Waals surface area contributed by atoms with E-state index in [0.29, 0.717) is 42.3 Å². The number of imidazole rings is 1. The molecule has 1 atom stereocenters. The first-order valence-corrected chi connectivity index (χ1v) is 12.9. The Hall–Kier alpha value is -4.08. The molecule has 0 aliphatic heterocycles. The molecule has 0 spiro atoms. The Bertz CT molecular complexity index is 1370. The van der Waals surface area contributed by atoms with E-state index in [2.05, 4.69) is 9.88 Å². The fraction of sp³-hybridized carbons (Fsp3) is 0.333. The molecule has 1 aromatic heterocycles. The van der Waals surface area contributed by atoms with Crippen LogP contribution in [0.15, 0.2) is 66.7 Å². The summed E-state index contributed by atoms with van der Waals surface area (Å²) in [4.78, 5) is 17.6. The molecular formula is C30H35N3O6. The second-order valence-electron chi connectivity index (χ2n) is 8.93. The number of ether oxygens (including phenoxy) is 4. The SMILES string of the molecule is COc1ccc(CCn2c(C(C)Oc3ccccc3)nc3cc(C(=O)NCCOCCO)ccc32)cc1OC. The first kappa shape index (κ1) is 27.9. The van der Waals surface area contributed by atoms with Gasteiger partial charge in [-0.05, 0) is 61.4 Å². The fourth-order valence-electron chi connectivity index (χ4n) is 4.37. The highest BCUT2D eigenvalue weighted by molar-refractivity contribution is 5.97. The third kappa shape index (κ3) is 7.07. The van der Waals surface area contributed by atoms with Gasteiger partial charge in [-0.2, -0.15) is 0 Å². The molecule has 2 N–H and O–H groups in total. The van der Waals surface area contributed by atoms with Gasteiger partial charge in [0.25, 0.3) is 5.91 Å².